The first-order valence-corrected chi connectivity index (χ1v) is 13.9. The van der Waals surface area contributed by atoms with E-state index in [-0.39, 0.29) is 27.9 Å². The number of aliphatic hydroxyl groups excluding tert-OH is 1. The third-order valence-corrected chi connectivity index (χ3v) is 7.55. The molecule has 3 heterocycles. The Bertz CT molecular complexity index is 1480. The minimum Gasteiger partial charge on any atom is -0.507 e. The molecule has 0 aliphatic carbocycles. The highest BCUT2D eigenvalue weighted by Gasteiger charge is 2.48. The Morgan fingerprint density at radius 3 is 2.61 bits per heavy atom. The zero-order chi connectivity index (χ0) is 29.5. The second-order valence-electron chi connectivity index (χ2n) is 9.17. The maximum absolute atomic E-state index is 13.5. The van der Waals surface area contributed by atoms with Gasteiger partial charge in [0, 0.05) is 18.0 Å². The molecule has 4 rings (SSSR count). The van der Waals surface area contributed by atoms with Crippen LogP contribution in [0.1, 0.15) is 58.7 Å². The lowest BCUT2D eigenvalue weighted by Crippen LogP contribution is -2.29. The maximum atomic E-state index is 13.5. The van der Waals surface area contributed by atoms with Crippen molar-refractivity contribution >= 4 is 39.9 Å². The predicted octanol–water partition coefficient (Wildman–Crippen LogP) is 5.39. The largest absolute Gasteiger partial charge is 0.507 e. The van der Waals surface area contributed by atoms with Gasteiger partial charge in [0.25, 0.3) is 5.78 Å². The van der Waals surface area contributed by atoms with E-state index in [1.807, 2.05) is 0 Å². The first-order valence-electron chi connectivity index (χ1n) is 13.1. The number of benzene rings is 1. The van der Waals surface area contributed by atoms with Crippen LogP contribution in [0.15, 0.2) is 61.0 Å². The number of anilines is 1. The third-order valence-electron chi connectivity index (χ3n) is 6.42. The maximum Gasteiger partial charge on any atom is 0.350 e. The Balaban J connectivity index is 1.84. The van der Waals surface area contributed by atoms with Crippen molar-refractivity contribution in [2.45, 2.75) is 39.2 Å². The summed E-state index contributed by atoms with van der Waals surface area (Å²) in [5.41, 5.74) is 0.988. The molecule has 0 saturated carbocycles. The van der Waals surface area contributed by atoms with Gasteiger partial charge in [0.15, 0.2) is 16.6 Å². The number of amides is 1. The van der Waals surface area contributed by atoms with Crippen LogP contribution in [0.5, 0.6) is 11.5 Å². The summed E-state index contributed by atoms with van der Waals surface area (Å²) in [6.45, 7) is 7.78. The molecule has 41 heavy (non-hydrogen) atoms. The number of carbonyl (C=O) groups is 3. The Hall–Kier alpha value is -4.51. The van der Waals surface area contributed by atoms with E-state index >= 15 is 0 Å². The first kappa shape index (κ1) is 29.5. The fourth-order valence-electron chi connectivity index (χ4n) is 4.39. The minimum atomic E-state index is -1.08. The van der Waals surface area contributed by atoms with Crippen LogP contribution in [0.2, 0.25) is 0 Å². The fourth-order valence-corrected chi connectivity index (χ4v) is 5.38. The number of thiazole rings is 1. The molecule has 3 aromatic rings. The van der Waals surface area contributed by atoms with Crippen molar-refractivity contribution in [1.82, 2.24) is 9.97 Å². The number of aryl methyl sites for hydroxylation is 1. The highest BCUT2D eigenvalue weighted by Crippen LogP contribution is 2.45. The van der Waals surface area contributed by atoms with Gasteiger partial charge in [-0.15, -0.1) is 0 Å². The van der Waals surface area contributed by atoms with Crippen LogP contribution < -0.4 is 14.4 Å². The van der Waals surface area contributed by atoms with Crippen LogP contribution in [0.3, 0.4) is 0 Å². The Morgan fingerprint density at radius 1 is 1.17 bits per heavy atom. The Kier molecular flexibility index (Phi) is 9.51. The van der Waals surface area contributed by atoms with Crippen molar-refractivity contribution in [2.24, 2.45) is 0 Å². The molecule has 1 saturated heterocycles. The molecule has 0 bridgehead atoms. The molecule has 1 unspecified atom stereocenters. The zero-order valence-electron chi connectivity index (χ0n) is 23.1. The summed E-state index contributed by atoms with van der Waals surface area (Å²) >= 11 is 0.921. The zero-order valence-corrected chi connectivity index (χ0v) is 23.9. The normalized spacial score (nSPS) is 16.1. The van der Waals surface area contributed by atoms with E-state index in [9.17, 15) is 19.5 Å². The number of aliphatic hydroxyl groups is 1. The van der Waals surface area contributed by atoms with Crippen LogP contribution >= 0.6 is 11.3 Å². The summed E-state index contributed by atoms with van der Waals surface area (Å²) < 4.78 is 16.7. The van der Waals surface area contributed by atoms with Crippen LogP contribution in [0.4, 0.5) is 5.13 Å². The summed E-state index contributed by atoms with van der Waals surface area (Å²) in [5.74, 6) is -1.87. The van der Waals surface area contributed by atoms with Crippen LogP contribution in [-0.2, 0) is 14.3 Å². The number of pyridine rings is 1. The van der Waals surface area contributed by atoms with Crippen LogP contribution in [0.25, 0.3) is 5.76 Å². The molecule has 2 aromatic heterocycles. The van der Waals surface area contributed by atoms with E-state index in [0.717, 1.165) is 30.6 Å². The Morgan fingerprint density at radius 2 is 1.93 bits per heavy atom. The second-order valence-corrected chi connectivity index (χ2v) is 10.1. The number of unbranched alkanes of at least 4 members (excludes halogenated alkanes) is 2. The number of nitrogens with zero attached hydrogens (tertiary/aromatic N) is 3. The minimum absolute atomic E-state index is 0.00854. The molecular weight excluding hydrogens is 546 g/mol. The van der Waals surface area contributed by atoms with Gasteiger partial charge in [-0.05, 0) is 43.2 Å². The van der Waals surface area contributed by atoms with E-state index in [1.165, 1.54) is 42.6 Å². The van der Waals surface area contributed by atoms with Crippen molar-refractivity contribution in [3.63, 3.8) is 0 Å². The van der Waals surface area contributed by atoms with Gasteiger partial charge in [-0.1, -0.05) is 49.8 Å². The molecule has 0 spiro atoms. The molecule has 1 aliphatic heterocycles. The molecule has 11 heteroatoms. The topological polar surface area (TPSA) is 128 Å². The van der Waals surface area contributed by atoms with E-state index in [1.54, 1.807) is 25.1 Å². The number of hydrogen-bond acceptors (Lipinski definition) is 10. The SMILES string of the molecule is C=CCOC(=O)c1sc(N2C(=O)C(=O)/C(=C(/O)c3ccncc3)C2c2ccc(OCCCCC)c(OC)c2)nc1C. The lowest BCUT2D eigenvalue weighted by Gasteiger charge is -2.24. The lowest BCUT2D eigenvalue weighted by atomic mass is 9.95. The number of rotatable bonds is 12. The van der Waals surface area contributed by atoms with Crippen LogP contribution in [-0.4, -0.2) is 53.1 Å². The number of Topliss-reactive ketones (excluding diaryl/α,β-unsaturated/α-hetero) is 1. The van der Waals surface area contributed by atoms with Crippen molar-refractivity contribution in [3.05, 3.63) is 82.7 Å². The van der Waals surface area contributed by atoms with E-state index in [0.29, 0.717) is 34.9 Å². The molecule has 1 amide bonds. The molecule has 1 fully saturated rings. The van der Waals surface area contributed by atoms with Crippen molar-refractivity contribution in [2.75, 3.05) is 25.2 Å². The summed E-state index contributed by atoms with van der Waals surface area (Å²) in [6.07, 6.45) is 7.35. The van der Waals surface area contributed by atoms with Crippen molar-refractivity contribution < 1.29 is 33.7 Å². The fraction of sp³-hybridized carbons (Fsp3) is 0.300. The smallest absolute Gasteiger partial charge is 0.350 e. The summed E-state index contributed by atoms with van der Waals surface area (Å²) in [4.78, 5) is 49.4. The first-order chi connectivity index (χ1) is 19.8. The number of methoxy groups -OCH3 is 1. The molecule has 1 aliphatic rings. The van der Waals surface area contributed by atoms with E-state index in [4.69, 9.17) is 14.2 Å². The average Bonchev–Trinajstić information content (AvgIpc) is 3.50. The van der Waals surface area contributed by atoms with Crippen molar-refractivity contribution in [1.29, 1.82) is 0 Å². The van der Waals surface area contributed by atoms with Gasteiger partial charge in [-0.3, -0.25) is 19.5 Å². The highest BCUT2D eigenvalue weighted by atomic mass is 32.1. The van der Waals surface area contributed by atoms with Gasteiger partial charge in [-0.25, -0.2) is 9.78 Å². The highest BCUT2D eigenvalue weighted by molar-refractivity contribution is 7.17. The Labute approximate surface area is 241 Å². The van der Waals surface area contributed by atoms with Crippen molar-refractivity contribution in [3.8, 4) is 11.5 Å². The summed E-state index contributed by atoms with van der Waals surface area (Å²) in [6, 6.07) is 7.08. The number of ether oxygens (including phenoxy) is 3. The predicted molar refractivity (Wildman–Crippen MR) is 154 cm³/mol. The molecule has 1 N–H and O–H groups in total. The summed E-state index contributed by atoms with van der Waals surface area (Å²) in [7, 11) is 1.50. The quantitative estimate of drug-likeness (QED) is 0.0752. The molecule has 10 nitrogen and oxygen atoms in total. The number of carbonyl (C=O) groups excluding carboxylic acids is 3. The third kappa shape index (κ3) is 6.14. The molecule has 0 radical (unpaired) electrons. The van der Waals surface area contributed by atoms with Crippen LogP contribution in [0, 0.1) is 6.92 Å². The number of ketones is 1. The molecule has 1 aromatic carbocycles. The van der Waals surface area contributed by atoms with Gasteiger partial charge in [-0.2, -0.15) is 0 Å². The molecule has 214 valence electrons. The van der Waals surface area contributed by atoms with E-state index < -0.39 is 23.7 Å². The van der Waals surface area contributed by atoms with Gasteiger partial charge in [0.05, 0.1) is 31.0 Å². The summed E-state index contributed by atoms with van der Waals surface area (Å²) in [5, 5.41) is 11.4. The molecular formula is C30H31N3O7S. The van der Waals surface area contributed by atoms with Gasteiger partial charge in [0.1, 0.15) is 17.2 Å². The van der Waals surface area contributed by atoms with Gasteiger partial charge in [0.2, 0.25) is 0 Å². The van der Waals surface area contributed by atoms with E-state index in [2.05, 4.69) is 23.5 Å². The number of esters is 1. The average molecular weight is 578 g/mol. The van der Waals surface area contributed by atoms with Gasteiger partial charge < -0.3 is 19.3 Å². The lowest BCUT2D eigenvalue weighted by molar-refractivity contribution is -0.132. The number of aromatic nitrogens is 2. The standard InChI is InChI=1S/C30H31N3O7S/c1-5-7-8-16-39-21-10-9-20(17-22(21)38-4)24-23(25(34)19-11-13-31-14-12-19)26(35)28(36)33(24)30-32-18(3)27(41-30)29(37)40-15-6-2/h6,9-14,17,24,34H,2,5,7-8,15-16H2,1,3-4H3/b25-23+. The monoisotopic (exact) mass is 577 g/mol. The molecule has 1 atom stereocenters. The van der Waals surface area contributed by atoms with Gasteiger partial charge >= 0.3 is 11.9 Å². The second kappa shape index (κ2) is 13.2. The number of hydrogen-bond donors (Lipinski definition) is 1.